The quantitative estimate of drug-likeness (QED) is 0.184. The van der Waals surface area contributed by atoms with Crippen molar-refractivity contribution < 1.29 is 26.4 Å². The zero-order valence-corrected chi connectivity index (χ0v) is 26.6. The molecule has 0 amide bonds. The zero-order chi connectivity index (χ0) is 32.4. The molecule has 0 unspecified atom stereocenters. The Kier molecular flexibility index (Phi) is 6.84. The van der Waals surface area contributed by atoms with Gasteiger partial charge in [0.05, 0.1) is 39.1 Å². The van der Waals surface area contributed by atoms with Gasteiger partial charge in [-0.15, -0.1) is 0 Å². The third-order valence-corrected chi connectivity index (χ3v) is 11.5. The number of aromatic nitrogens is 3. The van der Waals surface area contributed by atoms with Gasteiger partial charge in [0.15, 0.2) is 0 Å². The molecule has 0 aliphatic carbocycles. The highest BCUT2D eigenvalue weighted by molar-refractivity contribution is 7.90. The molecule has 0 N–H and O–H groups in total. The van der Waals surface area contributed by atoms with Crippen molar-refractivity contribution in [2.75, 3.05) is 7.11 Å². The summed E-state index contributed by atoms with van der Waals surface area (Å²) in [5.74, 6) is -0.725. The van der Waals surface area contributed by atoms with Crippen molar-refractivity contribution in [2.45, 2.75) is 23.6 Å². The highest BCUT2D eigenvalue weighted by Crippen LogP contribution is 2.41. The highest BCUT2D eigenvalue weighted by Gasteiger charge is 2.30. The molecule has 3 heterocycles. The van der Waals surface area contributed by atoms with Gasteiger partial charge in [0.2, 0.25) is 0 Å². The predicted molar refractivity (Wildman–Crippen MR) is 177 cm³/mol. The van der Waals surface area contributed by atoms with E-state index in [-0.39, 0.29) is 26.7 Å². The van der Waals surface area contributed by atoms with Gasteiger partial charge >= 0.3 is 5.97 Å². The molecule has 230 valence electrons. The minimum atomic E-state index is -4.22. The van der Waals surface area contributed by atoms with Gasteiger partial charge < -0.3 is 4.74 Å². The first kappa shape index (κ1) is 29.5. The van der Waals surface area contributed by atoms with Crippen LogP contribution in [0.4, 0.5) is 0 Å². The second-order valence-corrected chi connectivity index (χ2v) is 14.6. The van der Waals surface area contributed by atoms with E-state index in [1.807, 2.05) is 13.8 Å². The first-order valence-electron chi connectivity index (χ1n) is 14.3. The van der Waals surface area contributed by atoms with Crippen LogP contribution in [0.5, 0.6) is 0 Å². The third-order valence-electron chi connectivity index (χ3n) is 8.07. The fraction of sp³-hybridized carbons (Fsp3) is 0.0857. The molecule has 3 aromatic heterocycles. The van der Waals surface area contributed by atoms with E-state index in [0.717, 1.165) is 11.1 Å². The molecular weight excluding hydrogens is 623 g/mol. The van der Waals surface area contributed by atoms with Crippen molar-refractivity contribution in [2.24, 2.45) is 0 Å². The summed E-state index contributed by atoms with van der Waals surface area (Å²) < 4.78 is 64.4. The maximum Gasteiger partial charge on any atom is 0.356 e. The molecule has 0 spiro atoms. The fourth-order valence-corrected chi connectivity index (χ4v) is 8.68. The summed E-state index contributed by atoms with van der Waals surface area (Å²) in [6, 6.07) is 28.4. The van der Waals surface area contributed by atoms with E-state index in [1.165, 1.54) is 27.3 Å². The Hall–Kier alpha value is -5.26. The molecule has 4 aromatic carbocycles. The summed E-state index contributed by atoms with van der Waals surface area (Å²) in [5, 5.41) is 1.51. The molecule has 0 saturated heterocycles. The number of rotatable bonds is 6. The number of ether oxygens (including phenoxy) is 1. The summed E-state index contributed by atoms with van der Waals surface area (Å²) in [6.45, 7) is 3.74. The Bertz CT molecular complexity index is 2570. The molecule has 0 bridgehead atoms. The summed E-state index contributed by atoms with van der Waals surface area (Å²) in [6.07, 6.45) is 1.43. The average molecular weight is 650 g/mol. The molecule has 7 aromatic rings. The van der Waals surface area contributed by atoms with Crippen LogP contribution in [0.3, 0.4) is 0 Å². The Balaban J connectivity index is 1.63. The van der Waals surface area contributed by atoms with Gasteiger partial charge in [0, 0.05) is 27.9 Å². The number of carbonyl (C=O) groups is 1. The van der Waals surface area contributed by atoms with Gasteiger partial charge in [0.25, 0.3) is 20.0 Å². The van der Waals surface area contributed by atoms with Crippen molar-refractivity contribution in [1.82, 2.24) is 12.9 Å². The zero-order valence-electron chi connectivity index (χ0n) is 25.0. The summed E-state index contributed by atoms with van der Waals surface area (Å²) in [4.78, 5) is 17.8. The number of benzene rings is 4. The number of methoxy groups -OCH3 is 1. The van der Waals surface area contributed by atoms with Crippen LogP contribution in [0.25, 0.3) is 44.0 Å². The second kappa shape index (κ2) is 10.7. The largest absolute Gasteiger partial charge is 0.464 e. The van der Waals surface area contributed by atoms with Crippen molar-refractivity contribution in [3.05, 3.63) is 126 Å². The molecular formula is C35H27N3O6S2. The number of fused-ring (bicyclic) bond motifs is 4. The molecule has 0 saturated carbocycles. The molecule has 0 fully saturated rings. The van der Waals surface area contributed by atoms with Crippen LogP contribution < -0.4 is 0 Å². The van der Waals surface area contributed by atoms with E-state index in [9.17, 15) is 21.6 Å². The molecule has 9 nitrogen and oxygen atoms in total. The highest BCUT2D eigenvalue weighted by atomic mass is 32.2. The lowest BCUT2D eigenvalue weighted by Crippen LogP contribution is -2.14. The molecule has 0 aliphatic rings. The summed E-state index contributed by atoms with van der Waals surface area (Å²) >= 11 is 0. The van der Waals surface area contributed by atoms with E-state index < -0.39 is 26.0 Å². The predicted octanol–water partition coefficient (Wildman–Crippen LogP) is 6.69. The number of pyridine rings is 1. The van der Waals surface area contributed by atoms with E-state index in [1.54, 1.807) is 97.1 Å². The number of hydrogen-bond acceptors (Lipinski definition) is 7. The SMILES string of the molecule is COC(=O)c1cc2c3ccccc3n(S(=O)(=O)c3ccc(C)cc3)c2c(-c2cn(S(=O)(=O)c3ccc(C)cc3)c3ccccc23)n1. The van der Waals surface area contributed by atoms with Crippen molar-refractivity contribution in [1.29, 1.82) is 0 Å². The van der Waals surface area contributed by atoms with Crippen LogP contribution >= 0.6 is 0 Å². The van der Waals surface area contributed by atoms with Gasteiger partial charge in [0.1, 0.15) is 5.69 Å². The lowest BCUT2D eigenvalue weighted by Gasteiger charge is -2.13. The van der Waals surface area contributed by atoms with E-state index in [2.05, 4.69) is 4.98 Å². The van der Waals surface area contributed by atoms with Gasteiger partial charge in [-0.25, -0.2) is 34.6 Å². The lowest BCUT2D eigenvalue weighted by molar-refractivity contribution is 0.0594. The Morgan fingerprint density at radius 1 is 0.674 bits per heavy atom. The van der Waals surface area contributed by atoms with Crippen LogP contribution in [0.15, 0.2) is 119 Å². The van der Waals surface area contributed by atoms with Gasteiger partial charge in [-0.3, -0.25) is 0 Å². The van der Waals surface area contributed by atoms with Crippen molar-refractivity contribution in [3.63, 3.8) is 0 Å². The fourth-order valence-electron chi connectivity index (χ4n) is 5.77. The number of esters is 1. The molecule has 11 heteroatoms. The van der Waals surface area contributed by atoms with Gasteiger partial charge in [-0.05, 0) is 56.3 Å². The first-order valence-corrected chi connectivity index (χ1v) is 17.2. The number of hydrogen-bond donors (Lipinski definition) is 0. The monoisotopic (exact) mass is 649 g/mol. The minimum absolute atomic E-state index is 0.0566. The topological polar surface area (TPSA) is 117 Å². The smallest absolute Gasteiger partial charge is 0.356 e. The van der Waals surface area contributed by atoms with Crippen LogP contribution in [0.1, 0.15) is 21.6 Å². The second-order valence-electron chi connectivity index (χ2n) is 11.0. The molecule has 46 heavy (non-hydrogen) atoms. The summed E-state index contributed by atoms with van der Waals surface area (Å²) in [5.41, 5.74) is 3.12. The van der Waals surface area contributed by atoms with E-state index >= 15 is 0 Å². The molecule has 0 radical (unpaired) electrons. The van der Waals surface area contributed by atoms with Crippen molar-refractivity contribution in [3.8, 4) is 11.3 Å². The normalized spacial score (nSPS) is 12.2. The van der Waals surface area contributed by atoms with E-state index in [0.29, 0.717) is 32.8 Å². The lowest BCUT2D eigenvalue weighted by atomic mass is 10.1. The average Bonchev–Trinajstić information content (AvgIpc) is 3.62. The third kappa shape index (κ3) is 4.50. The molecule has 0 aliphatic heterocycles. The standard InChI is InChI=1S/C35H27N3O6S2/c1-22-12-16-24(17-13-22)45(40,41)37-21-29(27-9-4-6-10-31(27)37)33-34-28(20-30(36-33)35(39)44-3)26-8-5-7-11-32(26)38(34)46(42,43)25-18-14-23(2)15-19-25/h4-21H,1-3H3. The maximum absolute atomic E-state index is 14.5. The number of aryl methyl sites for hydroxylation is 2. The molecule has 0 atom stereocenters. The van der Waals surface area contributed by atoms with Gasteiger partial charge in [-0.1, -0.05) is 71.8 Å². The Labute approximate surface area is 265 Å². The first-order chi connectivity index (χ1) is 22.0. The maximum atomic E-state index is 14.5. The minimum Gasteiger partial charge on any atom is -0.464 e. The van der Waals surface area contributed by atoms with Crippen molar-refractivity contribution >= 4 is 58.7 Å². The van der Waals surface area contributed by atoms with Crippen LogP contribution in [0.2, 0.25) is 0 Å². The molecule has 7 rings (SSSR count). The van der Waals surface area contributed by atoms with Crippen LogP contribution in [-0.4, -0.2) is 42.8 Å². The Morgan fingerprint density at radius 3 is 1.83 bits per heavy atom. The number of nitrogens with zero attached hydrogens (tertiary/aromatic N) is 3. The van der Waals surface area contributed by atoms with Crippen LogP contribution in [-0.2, 0) is 24.8 Å². The number of para-hydroxylation sites is 2. The Morgan fingerprint density at radius 2 is 1.22 bits per heavy atom. The van der Waals surface area contributed by atoms with Crippen LogP contribution in [0, 0.1) is 13.8 Å². The summed E-state index contributed by atoms with van der Waals surface area (Å²) in [7, 11) is -7.08. The number of carbonyl (C=O) groups excluding carboxylic acids is 1. The van der Waals surface area contributed by atoms with E-state index in [4.69, 9.17) is 4.74 Å². The van der Waals surface area contributed by atoms with Gasteiger partial charge in [-0.2, -0.15) is 0 Å².